The average Bonchev–Trinajstić information content (AvgIpc) is 2.70. The molecular weight excluding hydrogens is 180 g/mol. The highest BCUT2D eigenvalue weighted by atomic mass is 32.2. The molecule has 13 heavy (non-hydrogen) atoms. The Morgan fingerprint density at radius 3 is 3.23 bits per heavy atom. The molecule has 2 nitrogen and oxygen atoms in total. The minimum Gasteiger partial charge on any atom is -0.326 e. The molecule has 1 saturated heterocycles. The number of rotatable bonds is 2. The van der Waals surface area contributed by atoms with E-state index in [0.29, 0.717) is 11.8 Å². The van der Waals surface area contributed by atoms with Crippen LogP contribution in [0.25, 0.3) is 0 Å². The van der Waals surface area contributed by atoms with Gasteiger partial charge in [-0.15, -0.1) is 0 Å². The number of hydrogen-bond acceptors (Lipinski definition) is 3. The molecule has 2 heterocycles. The Labute approximate surface area is 82.9 Å². The first kappa shape index (κ1) is 9.03. The molecule has 1 aromatic heterocycles. The lowest BCUT2D eigenvalue weighted by Crippen LogP contribution is -2.03. The van der Waals surface area contributed by atoms with Crippen molar-refractivity contribution in [1.29, 1.82) is 0 Å². The van der Waals surface area contributed by atoms with Gasteiger partial charge in [0, 0.05) is 24.2 Å². The third kappa shape index (κ3) is 1.86. The number of hydrogen-bond donors (Lipinski definition) is 1. The topological polar surface area (TPSA) is 38.9 Å². The van der Waals surface area contributed by atoms with Crippen LogP contribution in [0, 0.1) is 0 Å². The van der Waals surface area contributed by atoms with E-state index in [4.69, 9.17) is 5.73 Å². The van der Waals surface area contributed by atoms with Gasteiger partial charge in [0.2, 0.25) is 0 Å². The fourth-order valence-corrected chi connectivity index (χ4v) is 3.11. The fourth-order valence-electron chi connectivity index (χ4n) is 1.75. The van der Waals surface area contributed by atoms with Crippen molar-refractivity contribution in [1.82, 2.24) is 4.98 Å². The molecule has 3 heteroatoms. The predicted octanol–water partition coefficient (Wildman–Crippen LogP) is 2.11. The van der Waals surface area contributed by atoms with Crippen molar-refractivity contribution in [3.63, 3.8) is 0 Å². The van der Waals surface area contributed by atoms with Crippen LogP contribution in [-0.2, 0) is 6.54 Å². The van der Waals surface area contributed by atoms with E-state index < -0.39 is 0 Å². The maximum Gasteiger partial charge on any atom is 0.0315 e. The van der Waals surface area contributed by atoms with Gasteiger partial charge >= 0.3 is 0 Å². The molecule has 0 amide bonds. The number of thioether (sulfide) groups is 1. The Balaban J connectivity index is 2.26. The summed E-state index contributed by atoms with van der Waals surface area (Å²) in [4.78, 5) is 4.10. The molecule has 1 aromatic rings. The first-order valence-corrected chi connectivity index (χ1v) is 5.71. The Kier molecular flexibility index (Phi) is 2.86. The summed E-state index contributed by atoms with van der Waals surface area (Å²) in [7, 11) is 0. The maximum atomic E-state index is 5.67. The molecule has 1 unspecified atom stereocenters. The van der Waals surface area contributed by atoms with Crippen LogP contribution < -0.4 is 5.73 Å². The normalized spacial score (nSPS) is 22.1. The van der Waals surface area contributed by atoms with Crippen LogP contribution in [0.1, 0.15) is 29.2 Å². The molecule has 0 bridgehead atoms. The van der Waals surface area contributed by atoms with Crippen LogP contribution >= 0.6 is 11.8 Å². The van der Waals surface area contributed by atoms with Gasteiger partial charge in [0.05, 0.1) is 0 Å². The second kappa shape index (κ2) is 4.11. The van der Waals surface area contributed by atoms with Crippen molar-refractivity contribution in [2.75, 3.05) is 5.75 Å². The summed E-state index contributed by atoms with van der Waals surface area (Å²) in [6, 6.07) is 2.12. The van der Waals surface area contributed by atoms with Crippen molar-refractivity contribution in [2.45, 2.75) is 24.6 Å². The lowest BCUT2D eigenvalue weighted by Gasteiger charge is -2.12. The highest BCUT2D eigenvalue weighted by Gasteiger charge is 2.19. The molecule has 2 rings (SSSR count). The van der Waals surface area contributed by atoms with Crippen LogP contribution in [0.5, 0.6) is 0 Å². The highest BCUT2D eigenvalue weighted by Crippen LogP contribution is 2.40. The number of aromatic nitrogens is 1. The molecule has 0 saturated carbocycles. The molecule has 1 aliphatic heterocycles. The van der Waals surface area contributed by atoms with Gasteiger partial charge in [-0.2, -0.15) is 11.8 Å². The quantitative estimate of drug-likeness (QED) is 0.783. The van der Waals surface area contributed by atoms with Gasteiger partial charge in [-0.05, 0) is 35.8 Å². The summed E-state index contributed by atoms with van der Waals surface area (Å²) in [6.07, 6.45) is 6.39. The van der Waals surface area contributed by atoms with Crippen molar-refractivity contribution < 1.29 is 0 Å². The van der Waals surface area contributed by atoms with Crippen LogP contribution in [0.2, 0.25) is 0 Å². The molecule has 1 atom stereocenters. The summed E-state index contributed by atoms with van der Waals surface area (Å²) in [6.45, 7) is 0.611. The zero-order valence-corrected chi connectivity index (χ0v) is 8.39. The van der Waals surface area contributed by atoms with E-state index in [1.165, 1.54) is 29.7 Å². The summed E-state index contributed by atoms with van der Waals surface area (Å²) >= 11 is 2.04. The molecule has 0 aliphatic carbocycles. The van der Waals surface area contributed by atoms with Crippen molar-refractivity contribution >= 4 is 11.8 Å². The molecular formula is C10H14N2S. The van der Waals surface area contributed by atoms with Gasteiger partial charge in [0.1, 0.15) is 0 Å². The first-order chi connectivity index (χ1) is 6.42. The summed E-state index contributed by atoms with van der Waals surface area (Å²) in [5.74, 6) is 1.29. The van der Waals surface area contributed by atoms with E-state index >= 15 is 0 Å². The summed E-state index contributed by atoms with van der Waals surface area (Å²) < 4.78 is 0. The average molecular weight is 194 g/mol. The van der Waals surface area contributed by atoms with Crippen molar-refractivity contribution in [3.8, 4) is 0 Å². The second-order valence-electron chi connectivity index (χ2n) is 3.28. The highest BCUT2D eigenvalue weighted by molar-refractivity contribution is 7.99. The standard InChI is InChI=1S/C10H14N2S/c11-6-8-7-12-4-3-9(8)10-2-1-5-13-10/h3-4,7,10H,1-2,5-6,11H2. The third-order valence-corrected chi connectivity index (χ3v) is 3.85. The van der Waals surface area contributed by atoms with E-state index in [1.807, 2.05) is 24.2 Å². The van der Waals surface area contributed by atoms with E-state index in [1.54, 1.807) is 0 Å². The molecule has 0 radical (unpaired) electrons. The molecule has 0 aromatic carbocycles. The van der Waals surface area contributed by atoms with E-state index in [-0.39, 0.29) is 0 Å². The predicted molar refractivity (Wildman–Crippen MR) is 56.6 cm³/mol. The van der Waals surface area contributed by atoms with Gasteiger partial charge in [0.15, 0.2) is 0 Å². The maximum absolute atomic E-state index is 5.67. The smallest absolute Gasteiger partial charge is 0.0315 e. The van der Waals surface area contributed by atoms with E-state index in [2.05, 4.69) is 11.1 Å². The molecule has 1 aliphatic rings. The van der Waals surface area contributed by atoms with Crippen LogP contribution in [-0.4, -0.2) is 10.7 Å². The van der Waals surface area contributed by atoms with E-state index in [9.17, 15) is 0 Å². The Morgan fingerprint density at radius 1 is 1.62 bits per heavy atom. The Bertz CT molecular complexity index is 282. The lowest BCUT2D eigenvalue weighted by atomic mass is 10.0. The van der Waals surface area contributed by atoms with Crippen LogP contribution in [0.4, 0.5) is 0 Å². The monoisotopic (exact) mass is 194 g/mol. The SMILES string of the molecule is NCc1cnccc1C1CCCS1. The minimum absolute atomic E-state index is 0.611. The molecule has 0 spiro atoms. The van der Waals surface area contributed by atoms with Gasteiger partial charge < -0.3 is 5.73 Å². The Morgan fingerprint density at radius 2 is 2.54 bits per heavy atom. The first-order valence-electron chi connectivity index (χ1n) is 4.66. The minimum atomic E-state index is 0.611. The fraction of sp³-hybridized carbons (Fsp3) is 0.500. The summed E-state index contributed by atoms with van der Waals surface area (Å²) in [5.41, 5.74) is 8.28. The van der Waals surface area contributed by atoms with Gasteiger partial charge in [-0.1, -0.05) is 0 Å². The molecule has 2 N–H and O–H groups in total. The number of nitrogens with zero attached hydrogens (tertiary/aromatic N) is 1. The van der Waals surface area contributed by atoms with Gasteiger partial charge in [0.25, 0.3) is 0 Å². The number of pyridine rings is 1. The van der Waals surface area contributed by atoms with Crippen LogP contribution in [0.3, 0.4) is 0 Å². The molecule has 1 fully saturated rings. The van der Waals surface area contributed by atoms with Crippen molar-refractivity contribution in [3.05, 3.63) is 29.6 Å². The van der Waals surface area contributed by atoms with E-state index in [0.717, 1.165) is 0 Å². The third-order valence-electron chi connectivity index (χ3n) is 2.44. The van der Waals surface area contributed by atoms with Crippen molar-refractivity contribution in [2.24, 2.45) is 5.73 Å². The second-order valence-corrected chi connectivity index (χ2v) is 4.59. The molecule has 70 valence electrons. The number of nitrogens with two attached hydrogens (primary N) is 1. The zero-order chi connectivity index (χ0) is 9.10. The summed E-state index contributed by atoms with van der Waals surface area (Å²) in [5, 5.41) is 0.668. The zero-order valence-electron chi connectivity index (χ0n) is 7.57. The van der Waals surface area contributed by atoms with Gasteiger partial charge in [-0.25, -0.2) is 0 Å². The lowest BCUT2D eigenvalue weighted by molar-refractivity contribution is 0.814. The van der Waals surface area contributed by atoms with Crippen LogP contribution in [0.15, 0.2) is 18.5 Å². The Hall–Kier alpha value is -0.540. The largest absolute Gasteiger partial charge is 0.326 e. The van der Waals surface area contributed by atoms with Gasteiger partial charge in [-0.3, -0.25) is 4.98 Å².